The second-order valence-corrected chi connectivity index (χ2v) is 9.76. The Bertz CT molecular complexity index is 1240. The van der Waals surface area contributed by atoms with Gasteiger partial charge in [-0.3, -0.25) is 0 Å². The number of halogens is 2. The zero-order valence-electron chi connectivity index (χ0n) is 17.1. The van der Waals surface area contributed by atoms with Crippen molar-refractivity contribution in [3.63, 3.8) is 0 Å². The number of benzene rings is 2. The van der Waals surface area contributed by atoms with E-state index in [1.807, 2.05) is 12.1 Å². The fraction of sp³-hybridized carbons (Fsp3) is 0.227. The molecule has 0 spiro atoms. The molecule has 3 aromatic rings. The fourth-order valence-corrected chi connectivity index (χ4v) is 3.82. The van der Waals surface area contributed by atoms with Gasteiger partial charge in [0.15, 0.2) is 15.6 Å². The average molecular weight is 492 g/mol. The molecule has 7 nitrogen and oxygen atoms in total. The molecule has 3 rings (SSSR count). The molecule has 0 aliphatic carbocycles. The molecule has 0 radical (unpaired) electrons. The molecule has 166 valence electrons. The molecule has 0 atom stereocenters. The maximum absolute atomic E-state index is 11.4. The molecule has 0 amide bonds. The van der Waals surface area contributed by atoms with Gasteiger partial charge in [0.25, 0.3) is 0 Å². The maximum atomic E-state index is 11.4. The van der Waals surface area contributed by atoms with Crippen LogP contribution < -0.4 is 9.47 Å². The van der Waals surface area contributed by atoms with Crippen LogP contribution in [-0.2, 0) is 22.2 Å². The van der Waals surface area contributed by atoms with Crippen LogP contribution in [0.15, 0.2) is 48.7 Å². The highest BCUT2D eigenvalue weighted by atomic mass is 35.5. The molecular formula is C22H19Cl2N3O4S. The van der Waals surface area contributed by atoms with Crippen LogP contribution in [0.5, 0.6) is 11.5 Å². The molecular weight excluding hydrogens is 473 g/mol. The number of hydrogen-bond acceptors (Lipinski definition) is 7. The van der Waals surface area contributed by atoms with E-state index in [1.54, 1.807) is 30.3 Å². The second-order valence-electron chi connectivity index (χ2n) is 6.83. The van der Waals surface area contributed by atoms with Gasteiger partial charge in [0, 0.05) is 12.5 Å². The maximum Gasteiger partial charge on any atom is 0.155 e. The minimum atomic E-state index is -3.22. The van der Waals surface area contributed by atoms with Crippen molar-refractivity contribution in [2.75, 3.05) is 18.7 Å². The SMILES string of the molecule is CS(=O)(=O)Cc1nccc(COc2ccc(-c3cc(Cl)c(OCCCl)c(C#N)c3)cc2)n1. The predicted octanol–water partition coefficient (Wildman–Crippen LogP) is 4.41. The van der Waals surface area contributed by atoms with Crippen molar-refractivity contribution in [2.24, 2.45) is 0 Å². The van der Waals surface area contributed by atoms with Gasteiger partial charge >= 0.3 is 0 Å². The summed E-state index contributed by atoms with van der Waals surface area (Å²) in [6.07, 6.45) is 2.64. The Hall–Kier alpha value is -2.86. The van der Waals surface area contributed by atoms with Gasteiger partial charge in [0.1, 0.15) is 36.6 Å². The van der Waals surface area contributed by atoms with Crippen molar-refractivity contribution >= 4 is 33.0 Å². The number of aromatic nitrogens is 2. The lowest BCUT2D eigenvalue weighted by atomic mass is 10.0. The molecule has 0 N–H and O–H groups in total. The monoisotopic (exact) mass is 491 g/mol. The standard InChI is InChI=1S/C22H19Cl2N3O4S/c1-32(28,29)14-21-26-8-6-18(27-21)13-31-19-4-2-15(3-5-19)16-10-17(12-25)22(20(24)11-16)30-9-7-23/h2-6,8,10-11H,7,9,13-14H2,1H3. The highest BCUT2D eigenvalue weighted by molar-refractivity contribution is 7.89. The third-order valence-corrected chi connectivity index (χ3v) is 5.43. The quantitative estimate of drug-likeness (QED) is 0.408. The molecule has 1 heterocycles. The Morgan fingerprint density at radius 3 is 2.50 bits per heavy atom. The first-order valence-corrected chi connectivity index (χ1v) is 12.4. The van der Waals surface area contributed by atoms with Crippen LogP contribution in [0.4, 0.5) is 0 Å². The summed E-state index contributed by atoms with van der Waals surface area (Å²) in [7, 11) is -3.22. The summed E-state index contributed by atoms with van der Waals surface area (Å²) in [5.41, 5.74) is 2.50. The summed E-state index contributed by atoms with van der Waals surface area (Å²) in [6, 6.07) is 14.4. The van der Waals surface area contributed by atoms with Crippen LogP contribution in [0.25, 0.3) is 11.1 Å². The first-order valence-electron chi connectivity index (χ1n) is 9.43. The summed E-state index contributed by atoms with van der Waals surface area (Å²) in [6.45, 7) is 0.416. The topological polar surface area (TPSA) is 102 Å². The Kier molecular flexibility index (Phi) is 7.91. The molecule has 10 heteroatoms. The smallest absolute Gasteiger partial charge is 0.155 e. The second kappa shape index (κ2) is 10.6. The number of alkyl halides is 1. The van der Waals surface area contributed by atoms with E-state index >= 15 is 0 Å². The molecule has 1 aromatic heterocycles. The lowest BCUT2D eigenvalue weighted by Crippen LogP contribution is -2.07. The van der Waals surface area contributed by atoms with E-state index in [-0.39, 0.29) is 24.8 Å². The van der Waals surface area contributed by atoms with E-state index in [4.69, 9.17) is 32.7 Å². The van der Waals surface area contributed by atoms with Crippen molar-refractivity contribution in [3.8, 4) is 28.7 Å². The molecule has 0 saturated carbocycles. The van der Waals surface area contributed by atoms with E-state index in [2.05, 4.69) is 16.0 Å². The fourth-order valence-electron chi connectivity index (χ4n) is 2.86. The van der Waals surface area contributed by atoms with Crippen LogP contribution in [0, 0.1) is 11.3 Å². The summed E-state index contributed by atoms with van der Waals surface area (Å²) in [5, 5.41) is 9.76. The number of sulfone groups is 1. The molecule has 0 aliphatic rings. The minimum Gasteiger partial charge on any atom is -0.489 e. The third-order valence-electron chi connectivity index (χ3n) is 4.22. The number of hydrogen-bond donors (Lipinski definition) is 0. The van der Waals surface area contributed by atoms with Crippen LogP contribution in [0.2, 0.25) is 5.02 Å². The van der Waals surface area contributed by atoms with Crippen molar-refractivity contribution in [1.82, 2.24) is 9.97 Å². The molecule has 0 saturated heterocycles. The van der Waals surface area contributed by atoms with Gasteiger partial charge in [0.05, 0.1) is 22.2 Å². The number of nitrogens with zero attached hydrogens (tertiary/aromatic N) is 3. The zero-order chi connectivity index (χ0) is 23.1. The molecule has 0 bridgehead atoms. The van der Waals surface area contributed by atoms with Crippen molar-refractivity contribution in [1.29, 1.82) is 5.26 Å². The Balaban J connectivity index is 1.71. The van der Waals surface area contributed by atoms with E-state index in [0.717, 1.165) is 17.4 Å². The molecule has 0 aliphatic heterocycles. The Labute approximate surface area is 196 Å². The van der Waals surface area contributed by atoms with Gasteiger partial charge in [-0.1, -0.05) is 23.7 Å². The first-order chi connectivity index (χ1) is 15.3. The van der Waals surface area contributed by atoms with Crippen LogP contribution in [0.1, 0.15) is 17.1 Å². The van der Waals surface area contributed by atoms with E-state index in [0.29, 0.717) is 33.7 Å². The van der Waals surface area contributed by atoms with Crippen molar-refractivity contribution in [3.05, 3.63) is 70.8 Å². The van der Waals surface area contributed by atoms with Crippen LogP contribution >= 0.6 is 23.2 Å². The number of nitriles is 1. The van der Waals surface area contributed by atoms with Gasteiger partial charge in [-0.25, -0.2) is 18.4 Å². The molecule has 32 heavy (non-hydrogen) atoms. The lowest BCUT2D eigenvalue weighted by molar-refractivity contribution is 0.300. The normalized spacial score (nSPS) is 11.1. The van der Waals surface area contributed by atoms with Gasteiger partial charge < -0.3 is 9.47 Å². The van der Waals surface area contributed by atoms with Gasteiger partial charge in [-0.15, -0.1) is 11.6 Å². The number of rotatable bonds is 9. The van der Waals surface area contributed by atoms with E-state index in [9.17, 15) is 13.7 Å². The molecule has 0 unspecified atom stereocenters. The highest BCUT2D eigenvalue weighted by Crippen LogP contribution is 2.34. The lowest BCUT2D eigenvalue weighted by Gasteiger charge is -2.12. The van der Waals surface area contributed by atoms with Crippen LogP contribution in [-0.4, -0.2) is 37.1 Å². The molecule has 0 fully saturated rings. The minimum absolute atomic E-state index is 0.162. The summed E-state index contributed by atoms with van der Waals surface area (Å²) < 4.78 is 34.1. The highest BCUT2D eigenvalue weighted by Gasteiger charge is 2.13. The van der Waals surface area contributed by atoms with Gasteiger partial charge in [0.2, 0.25) is 0 Å². The van der Waals surface area contributed by atoms with Gasteiger partial charge in [-0.05, 0) is 41.5 Å². The van der Waals surface area contributed by atoms with E-state index < -0.39 is 9.84 Å². The summed E-state index contributed by atoms with van der Waals surface area (Å²) in [5.74, 6) is 1.22. The van der Waals surface area contributed by atoms with E-state index in [1.165, 1.54) is 6.20 Å². The summed E-state index contributed by atoms with van der Waals surface area (Å²) in [4.78, 5) is 8.19. The zero-order valence-corrected chi connectivity index (χ0v) is 19.4. The molecule has 2 aromatic carbocycles. The Morgan fingerprint density at radius 1 is 1.09 bits per heavy atom. The predicted molar refractivity (Wildman–Crippen MR) is 123 cm³/mol. The van der Waals surface area contributed by atoms with Gasteiger partial charge in [-0.2, -0.15) is 5.26 Å². The van der Waals surface area contributed by atoms with Crippen LogP contribution in [0.3, 0.4) is 0 Å². The Morgan fingerprint density at radius 2 is 1.84 bits per heavy atom. The average Bonchev–Trinajstić information content (AvgIpc) is 2.76. The van der Waals surface area contributed by atoms with Crippen molar-refractivity contribution < 1.29 is 17.9 Å². The first kappa shape index (κ1) is 23.8. The number of ether oxygens (including phenoxy) is 2. The third kappa shape index (κ3) is 6.57. The largest absolute Gasteiger partial charge is 0.489 e. The van der Waals surface area contributed by atoms with Crippen molar-refractivity contribution in [2.45, 2.75) is 12.4 Å². The summed E-state index contributed by atoms with van der Waals surface area (Å²) >= 11 is 12.0.